The van der Waals surface area contributed by atoms with Crippen LogP contribution in [-0.4, -0.2) is 11.8 Å². The molecule has 0 saturated heterocycles. The van der Waals surface area contributed by atoms with Gasteiger partial charge in [-0.05, 0) is 32.4 Å². The number of rotatable bonds is 4. The summed E-state index contributed by atoms with van der Waals surface area (Å²) >= 11 is 11.8. The van der Waals surface area contributed by atoms with E-state index in [1.165, 1.54) is 0 Å². The molecule has 0 unspecified atom stereocenters. The summed E-state index contributed by atoms with van der Waals surface area (Å²) in [6, 6.07) is 7.35. The first-order valence-corrected chi connectivity index (χ1v) is 6.41. The highest BCUT2D eigenvalue weighted by atomic mass is 35.5. The quantitative estimate of drug-likeness (QED) is 0.832. The Morgan fingerprint density at radius 2 is 2.00 bits per heavy atom. The third-order valence-electron chi connectivity index (χ3n) is 2.67. The Balaban J connectivity index is 2.77. The molecule has 0 aliphatic heterocycles. The first-order chi connectivity index (χ1) is 7.88. The second-order valence-electron chi connectivity index (χ2n) is 4.73. The van der Waals surface area contributed by atoms with Crippen LogP contribution in [0.5, 0.6) is 0 Å². The van der Waals surface area contributed by atoms with Gasteiger partial charge in [-0.3, -0.25) is 4.79 Å². The summed E-state index contributed by atoms with van der Waals surface area (Å²) in [6.45, 7) is 5.53. The summed E-state index contributed by atoms with van der Waals surface area (Å²) in [5, 5.41) is 3.58. The minimum absolute atomic E-state index is 0.0695. The summed E-state index contributed by atoms with van der Waals surface area (Å²) in [6.07, 6.45) is 0. The predicted octanol–water partition coefficient (Wildman–Crippen LogP) is 3.78. The number of hydrogen-bond acceptors (Lipinski definition) is 1. The van der Waals surface area contributed by atoms with E-state index < -0.39 is 5.41 Å². The number of carbonyl (C=O) groups excluding carboxylic acids is 1. The molecule has 0 bridgehead atoms. The number of benzene rings is 1. The maximum absolute atomic E-state index is 12.0. The first-order valence-electron chi connectivity index (χ1n) is 5.50. The van der Waals surface area contributed by atoms with E-state index in [-0.39, 0.29) is 17.8 Å². The van der Waals surface area contributed by atoms with E-state index in [2.05, 4.69) is 5.32 Å². The molecule has 1 aromatic rings. The first kappa shape index (κ1) is 14.3. The van der Waals surface area contributed by atoms with Crippen LogP contribution in [0.15, 0.2) is 24.3 Å². The molecule has 0 fully saturated rings. The largest absolute Gasteiger partial charge is 0.349 e. The van der Waals surface area contributed by atoms with Crippen LogP contribution >= 0.6 is 23.2 Å². The zero-order valence-corrected chi connectivity index (χ0v) is 11.8. The van der Waals surface area contributed by atoms with Crippen molar-refractivity contribution in [2.45, 2.75) is 26.8 Å². The molecule has 0 saturated carbocycles. The fourth-order valence-corrected chi connectivity index (χ4v) is 1.78. The van der Waals surface area contributed by atoms with E-state index in [0.29, 0.717) is 5.02 Å². The molecule has 0 spiro atoms. The maximum atomic E-state index is 12.0. The Morgan fingerprint density at radius 3 is 2.53 bits per heavy atom. The van der Waals surface area contributed by atoms with Gasteiger partial charge in [-0.2, -0.15) is 0 Å². The zero-order chi connectivity index (χ0) is 13.1. The molecule has 0 aliphatic rings. The topological polar surface area (TPSA) is 29.1 Å². The smallest absolute Gasteiger partial charge is 0.227 e. The SMILES string of the molecule is C[C@@H](NC(=O)C(C)(C)CCl)c1ccccc1Cl. The van der Waals surface area contributed by atoms with Gasteiger partial charge in [0, 0.05) is 10.9 Å². The second kappa shape index (κ2) is 5.74. The van der Waals surface area contributed by atoms with E-state index in [1.54, 1.807) is 0 Å². The third-order valence-corrected chi connectivity index (χ3v) is 3.68. The molecule has 0 heterocycles. The average Bonchev–Trinajstić information content (AvgIpc) is 2.29. The number of halogens is 2. The molecule has 0 radical (unpaired) electrons. The van der Waals surface area contributed by atoms with Crippen LogP contribution in [0.3, 0.4) is 0 Å². The van der Waals surface area contributed by atoms with Crippen LogP contribution < -0.4 is 5.32 Å². The molecule has 0 aliphatic carbocycles. The van der Waals surface area contributed by atoms with Gasteiger partial charge in [0.25, 0.3) is 0 Å². The van der Waals surface area contributed by atoms with Gasteiger partial charge in [-0.1, -0.05) is 29.8 Å². The third kappa shape index (κ3) is 3.62. The van der Waals surface area contributed by atoms with Gasteiger partial charge in [-0.15, -0.1) is 11.6 Å². The molecule has 1 amide bonds. The fraction of sp³-hybridized carbons (Fsp3) is 0.462. The lowest BCUT2D eigenvalue weighted by atomic mass is 9.94. The van der Waals surface area contributed by atoms with Crippen LogP contribution in [0.1, 0.15) is 32.4 Å². The molecular formula is C13H17Cl2NO. The van der Waals surface area contributed by atoms with E-state index in [0.717, 1.165) is 5.56 Å². The van der Waals surface area contributed by atoms with Gasteiger partial charge < -0.3 is 5.32 Å². The minimum Gasteiger partial charge on any atom is -0.349 e. The Morgan fingerprint density at radius 1 is 1.41 bits per heavy atom. The molecule has 1 N–H and O–H groups in total. The highest BCUT2D eigenvalue weighted by molar-refractivity contribution is 6.31. The van der Waals surface area contributed by atoms with Gasteiger partial charge in [0.2, 0.25) is 5.91 Å². The number of amides is 1. The average molecular weight is 274 g/mol. The highest BCUT2D eigenvalue weighted by Gasteiger charge is 2.27. The van der Waals surface area contributed by atoms with Crippen LogP contribution in [0.4, 0.5) is 0 Å². The van der Waals surface area contributed by atoms with Crippen molar-refractivity contribution in [1.29, 1.82) is 0 Å². The van der Waals surface area contributed by atoms with Crippen LogP contribution in [0.2, 0.25) is 5.02 Å². The predicted molar refractivity (Wildman–Crippen MR) is 72.5 cm³/mol. The summed E-state index contributed by atoms with van der Waals surface area (Å²) in [7, 11) is 0. The monoisotopic (exact) mass is 273 g/mol. The molecule has 1 atom stereocenters. The Bertz CT molecular complexity index is 404. The van der Waals surface area contributed by atoms with Crippen molar-refractivity contribution in [2.75, 3.05) is 5.88 Å². The van der Waals surface area contributed by atoms with E-state index in [1.807, 2.05) is 45.0 Å². The highest BCUT2D eigenvalue weighted by Crippen LogP contribution is 2.24. The number of hydrogen-bond donors (Lipinski definition) is 1. The van der Waals surface area contributed by atoms with Crippen molar-refractivity contribution < 1.29 is 4.79 Å². The van der Waals surface area contributed by atoms with E-state index in [4.69, 9.17) is 23.2 Å². The fourth-order valence-electron chi connectivity index (χ4n) is 1.36. The molecule has 2 nitrogen and oxygen atoms in total. The number of alkyl halides is 1. The van der Waals surface area contributed by atoms with Crippen LogP contribution in [-0.2, 0) is 4.79 Å². The van der Waals surface area contributed by atoms with Crippen molar-refractivity contribution in [2.24, 2.45) is 5.41 Å². The van der Waals surface area contributed by atoms with Gasteiger partial charge in [-0.25, -0.2) is 0 Å². The molecular weight excluding hydrogens is 257 g/mol. The normalized spacial score (nSPS) is 13.2. The van der Waals surface area contributed by atoms with Gasteiger partial charge in [0.15, 0.2) is 0 Å². The molecule has 4 heteroatoms. The summed E-state index contributed by atoms with van der Waals surface area (Å²) in [4.78, 5) is 12.0. The van der Waals surface area contributed by atoms with Crippen molar-refractivity contribution >= 4 is 29.1 Å². The Hall–Kier alpha value is -0.730. The van der Waals surface area contributed by atoms with Crippen LogP contribution in [0.25, 0.3) is 0 Å². The Labute approximate surface area is 112 Å². The van der Waals surface area contributed by atoms with E-state index in [9.17, 15) is 4.79 Å². The van der Waals surface area contributed by atoms with Crippen molar-refractivity contribution in [3.05, 3.63) is 34.9 Å². The summed E-state index contributed by atoms with van der Waals surface area (Å²) < 4.78 is 0. The maximum Gasteiger partial charge on any atom is 0.227 e. The summed E-state index contributed by atoms with van der Waals surface area (Å²) in [5.41, 5.74) is 0.338. The number of nitrogens with one attached hydrogen (secondary N) is 1. The molecule has 0 aromatic heterocycles. The molecule has 1 rings (SSSR count). The van der Waals surface area contributed by atoms with Crippen molar-refractivity contribution in [3.63, 3.8) is 0 Å². The van der Waals surface area contributed by atoms with Crippen molar-refractivity contribution in [3.8, 4) is 0 Å². The summed E-state index contributed by atoms with van der Waals surface area (Å²) in [5.74, 6) is 0.216. The molecule has 17 heavy (non-hydrogen) atoms. The minimum atomic E-state index is -0.572. The second-order valence-corrected chi connectivity index (χ2v) is 5.41. The van der Waals surface area contributed by atoms with Crippen LogP contribution in [0, 0.1) is 5.41 Å². The molecule has 94 valence electrons. The lowest BCUT2D eigenvalue weighted by molar-refractivity contribution is -0.129. The van der Waals surface area contributed by atoms with Gasteiger partial charge in [0.05, 0.1) is 11.5 Å². The zero-order valence-electron chi connectivity index (χ0n) is 10.3. The standard InChI is InChI=1S/C13H17Cl2NO/c1-9(10-6-4-5-7-11(10)15)16-12(17)13(2,3)8-14/h4-7,9H,8H2,1-3H3,(H,16,17)/t9-/m1/s1. The number of carbonyl (C=O) groups is 1. The van der Waals surface area contributed by atoms with Gasteiger partial charge >= 0.3 is 0 Å². The lowest BCUT2D eigenvalue weighted by Crippen LogP contribution is -2.39. The lowest BCUT2D eigenvalue weighted by Gasteiger charge is -2.24. The van der Waals surface area contributed by atoms with E-state index >= 15 is 0 Å². The van der Waals surface area contributed by atoms with Gasteiger partial charge in [0.1, 0.15) is 0 Å². The molecule has 1 aromatic carbocycles. The van der Waals surface area contributed by atoms with Crippen molar-refractivity contribution in [1.82, 2.24) is 5.32 Å². The Kier molecular flexibility index (Phi) is 4.84.